The zero-order valence-electron chi connectivity index (χ0n) is 11.1. The van der Waals surface area contributed by atoms with Crippen molar-refractivity contribution in [3.05, 3.63) is 0 Å². The molecule has 3 aliphatic rings. The van der Waals surface area contributed by atoms with E-state index < -0.39 is 0 Å². The van der Waals surface area contributed by atoms with Crippen LogP contribution in [0.25, 0.3) is 0 Å². The highest BCUT2D eigenvalue weighted by Crippen LogP contribution is 2.62. The first-order valence-electron chi connectivity index (χ1n) is 7.04. The Labute approximate surface area is 99.9 Å². The normalized spacial score (nSPS) is 44.8. The average molecular weight is 222 g/mol. The molecule has 2 saturated carbocycles. The Bertz CT molecular complexity index is 290. The van der Waals surface area contributed by atoms with Crippen LogP contribution in [0.15, 0.2) is 0 Å². The van der Waals surface area contributed by atoms with Crippen molar-refractivity contribution < 1.29 is 4.74 Å². The zero-order chi connectivity index (χ0) is 11.4. The molecule has 0 aromatic rings. The minimum absolute atomic E-state index is 0.583. The summed E-state index contributed by atoms with van der Waals surface area (Å²) in [6.07, 6.45) is 8.66. The second-order valence-corrected chi connectivity index (χ2v) is 7.76. The second-order valence-electron chi connectivity index (χ2n) is 7.76. The van der Waals surface area contributed by atoms with E-state index >= 15 is 0 Å². The van der Waals surface area contributed by atoms with Gasteiger partial charge in [-0.15, -0.1) is 0 Å². The molecule has 0 N–H and O–H groups in total. The monoisotopic (exact) mass is 222 g/mol. The molecule has 0 amide bonds. The van der Waals surface area contributed by atoms with Gasteiger partial charge in [0.1, 0.15) is 0 Å². The van der Waals surface area contributed by atoms with E-state index in [-0.39, 0.29) is 0 Å². The summed E-state index contributed by atoms with van der Waals surface area (Å²) < 4.78 is 5.49. The van der Waals surface area contributed by atoms with Gasteiger partial charge in [-0.1, -0.05) is 27.2 Å². The van der Waals surface area contributed by atoms with Crippen molar-refractivity contribution in [2.45, 2.75) is 59.3 Å². The predicted octanol–water partition coefficient (Wildman–Crippen LogP) is 4.02. The van der Waals surface area contributed by atoms with E-state index in [1.807, 2.05) is 0 Å². The fourth-order valence-electron chi connectivity index (χ4n) is 5.22. The molecule has 3 fully saturated rings. The summed E-state index contributed by atoms with van der Waals surface area (Å²) in [5.41, 5.74) is 1.79. The van der Waals surface area contributed by atoms with E-state index in [4.69, 9.17) is 4.74 Å². The number of ether oxygens (including phenoxy) is 1. The van der Waals surface area contributed by atoms with Crippen LogP contribution in [0, 0.1) is 22.2 Å². The van der Waals surface area contributed by atoms with Crippen LogP contribution in [0.5, 0.6) is 0 Å². The van der Waals surface area contributed by atoms with E-state index in [2.05, 4.69) is 20.8 Å². The van der Waals surface area contributed by atoms with Crippen molar-refractivity contribution in [2.75, 3.05) is 13.2 Å². The third kappa shape index (κ3) is 1.47. The molecule has 0 radical (unpaired) electrons. The molecule has 1 spiro atoms. The molecule has 1 nitrogen and oxygen atoms in total. The van der Waals surface area contributed by atoms with E-state index in [1.54, 1.807) is 0 Å². The van der Waals surface area contributed by atoms with Crippen LogP contribution < -0.4 is 0 Å². The minimum Gasteiger partial charge on any atom is -0.380 e. The number of fused-ring (bicyclic) bond motifs is 1. The van der Waals surface area contributed by atoms with Gasteiger partial charge in [-0.25, -0.2) is 0 Å². The maximum Gasteiger partial charge on any atom is 0.0545 e. The molecule has 0 aromatic heterocycles. The Morgan fingerprint density at radius 1 is 1.00 bits per heavy atom. The van der Waals surface area contributed by atoms with Crippen molar-refractivity contribution >= 4 is 0 Å². The largest absolute Gasteiger partial charge is 0.380 e. The quantitative estimate of drug-likeness (QED) is 0.601. The van der Waals surface area contributed by atoms with E-state index in [0.717, 1.165) is 19.1 Å². The summed E-state index contributed by atoms with van der Waals surface area (Å²) in [6.45, 7) is 9.68. The summed E-state index contributed by atoms with van der Waals surface area (Å²) >= 11 is 0. The minimum atomic E-state index is 0.583. The van der Waals surface area contributed by atoms with Gasteiger partial charge < -0.3 is 4.74 Å². The fourth-order valence-corrected chi connectivity index (χ4v) is 5.22. The summed E-state index contributed by atoms with van der Waals surface area (Å²) in [5.74, 6) is 0.958. The molecule has 1 aliphatic heterocycles. The Balaban J connectivity index is 1.85. The predicted molar refractivity (Wildman–Crippen MR) is 66.3 cm³/mol. The lowest BCUT2D eigenvalue weighted by atomic mass is 9.47. The summed E-state index contributed by atoms with van der Waals surface area (Å²) in [7, 11) is 0. The van der Waals surface area contributed by atoms with Crippen LogP contribution in [0.2, 0.25) is 0 Å². The highest BCUT2D eigenvalue weighted by molar-refractivity contribution is 5.04. The molecule has 3 rings (SSSR count). The summed E-state index contributed by atoms with van der Waals surface area (Å²) in [4.78, 5) is 0. The van der Waals surface area contributed by atoms with Gasteiger partial charge in [-0.3, -0.25) is 0 Å². The van der Waals surface area contributed by atoms with E-state index in [1.165, 1.54) is 38.5 Å². The third-order valence-corrected chi connectivity index (χ3v) is 5.91. The van der Waals surface area contributed by atoms with Crippen LogP contribution >= 0.6 is 0 Å². The smallest absolute Gasteiger partial charge is 0.0545 e. The van der Waals surface area contributed by atoms with Gasteiger partial charge >= 0.3 is 0 Å². The highest BCUT2D eigenvalue weighted by Gasteiger charge is 2.55. The first-order chi connectivity index (χ1) is 7.46. The molecule has 2 atom stereocenters. The van der Waals surface area contributed by atoms with Crippen LogP contribution in [-0.4, -0.2) is 13.2 Å². The average Bonchev–Trinajstić information content (AvgIpc) is 2.13. The van der Waals surface area contributed by atoms with E-state index in [9.17, 15) is 0 Å². The van der Waals surface area contributed by atoms with Gasteiger partial charge in [-0.05, 0) is 48.9 Å². The van der Waals surface area contributed by atoms with Crippen LogP contribution in [-0.2, 0) is 4.74 Å². The van der Waals surface area contributed by atoms with Crippen molar-refractivity contribution in [2.24, 2.45) is 22.2 Å². The Hall–Kier alpha value is -0.0400. The lowest BCUT2D eigenvalue weighted by Crippen LogP contribution is -2.55. The lowest BCUT2D eigenvalue weighted by Gasteiger charge is -2.60. The molecule has 1 saturated heterocycles. The number of rotatable bonds is 0. The van der Waals surface area contributed by atoms with Gasteiger partial charge in [-0.2, -0.15) is 0 Å². The van der Waals surface area contributed by atoms with Crippen LogP contribution in [0.3, 0.4) is 0 Å². The van der Waals surface area contributed by atoms with Crippen LogP contribution in [0.4, 0.5) is 0 Å². The highest BCUT2D eigenvalue weighted by atomic mass is 16.5. The molecule has 16 heavy (non-hydrogen) atoms. The van der Waals surface area contributed by atoms with E-state index in [0.29, 0.717) is 16.2 Å². The number of hydrogen-bond acceptors (Lipinski definition) is 1. The Morgan fingerprint density at radius 3 is 2.38 bits per heavy atom. The van der Waals surface area contributed by atoms with Gasteiger partial charge in [0, 0.05) is 5.41 Å². The maximum atomic E-state index is 5.49. The zero-order valence-corrected chi connectivity index (χ0v) is 11.1. The molecule has 0 aromatic carbocycles. The third-order valence-electron chi connectivity index (χ3n) is 5.91. The topological polar surface area (TPSA) is 9.23 Å². The first-order valence-corrected chi connectivity index (χ1v) is 7.04. The van der Waals surface area contributed by atoms with Crippen LogP contribution in [0.1, 0.15) is 59.3 Å². The molecule has 1 heterocycles. The molecule has 0 bridgehead atoms. The van der Waals surface area contributed by atoms with Gasteiger partial charge in [0.25, 0.3) is 0 Å². The first kappa shape index (κ1) is 11.1. The van der Waals surface area contributed by atoms with Gasteiger partial charge in [0.2, 0.25) is 0 Å². The Morgan fingerprint density at radius 2 is 1.75 bits per heavy atom. The molecule has 1 heteroatoms. The summed E-state index contributed by atoms with van der Waals surface area (Å²) in [5, 5.41) is 0. The second kappa shape index (κ2) is 3.25. The molecular formula is C15H26O. The summed E-state index contributed by atoms with van der Waals surface area (Å²) in [6, 6.07) is 0. The van der Waals surface area contributed by atoms with Gasteiger partial charge in [0.05, 0.1) is 13.2 Å². The standard InChI is InChI=1S/C15H26O/c1-13(2)6-4-7-14(3)9-15(10-16-11-15)8-5-12(13)14/h12H,4-11H2,1-3H3/t12-,14+/m1/s1. The van der Waals surface area contributed by atoms with Crippen molar-refractivity contribution in [1.82, 2.24) is 0 Å². The SMILES string of the molecule is CC1(C)CCC[C@@]2(C)CC3(CC[C@H]12)COC3. The fraction of sp³-hybridized carbons (Fsp3) is 1.00. The van der Waals surface area contributed by atoms with Crippen molar-refractivity contribution in [1.29, 1.82) is 0 Å². The Kier molecular flexibility index (Phi) is 2.25. The maximum absolute atomic E-state index is 5.49. The lowest BCUT2D eigenvalue weighted by molar-refractivity contribution is -0.186. The van der Waals surface area contributed by atoms with Crippen molar-refractivity contribution in [3.63, 3.8) is 0 Å². The van der Waals surface area contributed by atoms with Crippen molar-refractivity contribution in [3.8, 4) is 0 Å². The molecule has 92 valence electrons. The number of hydrogen-bond donors (Lipinski definition) is 0. The van der Waals surface area contributed by atoms with Gasteiger partial charge in [0.15, 0.2) is 0 Å². The molecule has 0 unspecified atom stereocenters. The molecule has 2 aliphatic carbocycles. The molecular weight excluding hydrogens is 196 g/mol.